The van der Waals surface area contributed by atoms with Crippen molar-refractivity contribution in [1.82, 2.24) is 4.90 Å². The number of rotatable bonds is 4. The predicted molar refractivity (Wildman–Crippen MR) is 75.4 cm³/mol. The molecule has 0 unspecified atom stereocenters. The third-order valence-corrected chi connectivity index (χ3v) is 3.34. The van der Waals surface area contributed by atoms with E-state index in [1.807, 2.05) is 0 Å². The summed E-state index contributed by atoms with van der Waals surface area (Å²) in [4.78, 5) is 23.7. The number of nitrogens with one attached hydrogen (secondary N) is 2. The topological polar surface area (TPSA) is 61.4 Å². The number of amides is 2. The standard InChI is InChI=1S/C14H16F3N3O2/c1-9(21)18-10-2-4-11(5-3-10)19-13(22)8-20-7-6-12(20)14(15,16)17/h2-5,12H,6-8H2,1H3,(H,18,21)(H,19,22)/t12-/m1/s1. The minimum absolute atomic E-state index is 0.0300. The van der Waals surface area contributed by atoms with Crippen molar-refractivity contribution in [1.29, 1.82) is 0 Å². The molecule has 1 aromatic carbocycles. The van der Waals surface area contributed by atoms with E-state index in [4.69, 9.17) is 0 Å². The van der Waals surface area contributed by atoms with Crippen LogP contribution in [0.15, 0.2) is 24.3 Å². The summed E-state index contributed by atoms with van der Waals surface area (Å²) in [7, 11) is 0. The summed E-state index contributed by atoms with van der Waals surface area (Å²) in [6.07, 6.45) is -4.26. The fraction of sp³-hybridized carbons (Fsp3) is 0.429. The average molecular weight is 315 g/mol. The van der Waals surface area contributed by atoms with Gasteiger partial charge in [0.25, 0.3) is 0 Å². The van der Waals surface area contributed by atoms with E-state index in [-0.39, 0.29) is 25.4 Å². The predicted octanol–water partition coefficient (Wildman–Crippen LogP) is 2.22. The van der Waals surface area contributed by atoms with Crippen molar-refractivity contribution in [2.45, 2.75) is 25.6 Å². The summed E-state index contributed by atoms with van der Waals surface area (Å²) in [6, 6.07) is 4.81. The molecule has 0 radical (unpaired) electrons. The quantitative estimate of drug-likeness (QED) is 0.895. The number of anilines is 2. The molecule has 1 aliphatic heterocycles. The summed E-state index contributed by atoms with van der Waals surface area (Å²) in [6.45, 7) is 1.34. The van der Waals surface area contributed by atoms with Gasteiger partial charge < -0.3 is 10.6 Å². The number of nitrogens with zero attached hydrogens (tertiary/aromatic N) is 1. The van der Waals surface area contributed by atoms with E-state index in [2.05, 4.69) is 10.6 Å². The number of carbonyl (C=O) groups is 2. The highest BCUT2D eigenvalue weighted by Crippen LogP contribution is 2.33. The van der Waals surface area contributed by atoms with Gasteiger partial charge in [-0.05, 0) is 30.7 Å². The molecule has 2 N–H and O–H groups in total. The number of hydrogen-bond donors (Lipinski definition) is 2. The van der Waals surface area contributed by atoms with Gasteiger partial charge in [-0.2, -0.15) is 13.2 Å². The highest BCUT2D eigenvalue weighted by Gasteiger charge is 2.48. The zero-order chi connectivity index (χ0) is 16.3. The molecule has 8 heteroatoms. The first kappa shape index (κ1) is 16.3. The molecule has 1 atom stereocenters. The normalized spacial score (nSPS) is 18.5. The molecule has 1 aliphatic rings. The van der Waals surface area contributed by atoms with Gasteiger partial charge in [-0.15, -0.1) is 0 Å². The van der Waals surface area contributed by atoms with Crippen molar-refractivity contribution in [3.05, 3.63) is 24.3 Å². The Morgan fingerprint density at radius 3 is 2.14 bits per heavy atom. The van der Waals surface area contributed by atoms with Crippen molar-refractivity contribution in [3.63, 3.8) is 0 Å². The molecule has 1 fully saturated rings. The van der Waals surface area contributed by atoms with Crippen molar-refractivity contribution in [2.75, 3.05) is 23.7 Å². The first-order chi connectivity index (χ1) is 10.3. The van der Waals surface area contributed by atoms with Crippen LogP contribution in [-0.4, -0.2) is 42.0 Å². The van der Waals surface area contributed by atoms with Gasteiger partial charge in [-0.25, -0.2) is 0 Å². The third-order valence-electron chi connectivity index (χ3n) is 3.34. The van der Waals surface area contributed by atoms with Crippen LogP contribution in [0.25, 0.3) is 0 Å². The smallest absolute Gasteiger partial charge is 0.326 e. The second-order valence-electron chi connectivity index (χ2n) is 5.12. The lowest BCUT2D eigenvalue weighted by molar-refractivity contribution is -0.209. The van der Waals surface area contributed by atoms with Crippen molar-refractivity contribution in [2.24, 2.45) is 0 Å². The molecule has 1 saturated heterocycles. The molecule has 1 aromatic rings. The van der Waals surface area contributed by atoms with Gasteiger partial charge >= 0.3 is 6.18 Å². The lowest BCUT2D eigenvalue weighted by Gasteiger charge is -2.41. The molecule has 0 saturated carbocycles. The number of benzene rings is 1. The Labute approximate surface area is 125 Å². The zero-order valence-corrected chi connectivity index (χ0v) is 11.9. The van der Waals surface area contributed by atoms with Gasteiger partial charge in [0.15, 0.2) is 0 Å². The maximum absolute atomic E-state index is 12.6. The Bertz CT molecular complexity index is 557. The van der Waals surface area contributed by atoms with Crippen molar-refractivity contribution < 1.29 is 22.8 Å². The maximum atomic E-state index is 12.6. The molecular formula is C14H16F3N3O2. The van der Waals surface area contributed by atoms with Crippen LogP contribution < -0.4 is 10.6 Å². The van der Waals surface area contributed by atoms with Crippen LogP contribution in [-0.2, 0) is 9.59 Å². The van der Waals surface area contributed by atoms with E-state index in [1.165, 1.54) is 6.92 Å². The monoisotopic (exact) mass is 315 g/mol. The Morgan fingerprint density at radius 1 is 1.18 bits per heavy atom. The second-order valence-corrected chi connectivity index (χ2v) is 5.12. The molecule has 0 spiro atoms. The summed E-state index contributed by atoms with van der Waals surface area (Å²) in [5.41, 5.74) is 1.04. The van der Waals surface area contributed by atoms with Crippen molar-refractivity contribution in [3.8, 4) is 0 Å². The highest BCUT2D eigenvalue weighted by atomic mass is 19.4. The number of hydrogen-bond acceptors (Lipinski definition) is 3. The Balaban J connectivity index is 1.86. The molecule has 0 aromatic heterocycles. The van der Waals surface area contributed by atoms with Crippen molar-refractivity contribution >= 4 is 23.2 Å². The van der Waals surface area contributed by atoms with Crippen LogP contribution in [0.5, 0.6) is 0 Å². The van der Waals surface area contributed by atoms with E-state index < -0.39 is 18.1 Å². The first-order valence-corrected chi connectivity index (χ1v) is 6.74. The van der Waals surface area contributed by atoms with Crippen LogP contribution in [0, 0.1) is 0 Å². The molecule has 22 heavy (non-hydrogen) atoms. The Kier molecular flexibility index (Phi) is 4.70. The molecule has 2 rings (SSSR count). The van der Waals surface area contributed by atoms with E-state index in [0.29, 0.717) is 11.4 Å². The summed E-state index contributed by atoms with van der Waals surface area (Å²) in [5, 5.41) is 5.11. The van der Waals surface area contributed by atoms with E-state index >= 15 is 0 Å². The van der Waals surface area contributed by atoms with Crippen LogP contribution in [0.1, 0.15) is 13.3 Å². The van der Waals surface area contributed by atoms with Gasteiger partial charge in [0.2, 0.25) is 11.8 Å². The largest absolute Gasteiger partial charge is 0.404 e. The van der Waals surface area contributed by atoms with E-state index in [0.717, 1.165) is 4.90 Å². The Hall–Kier alpha value is -2.09. The van der Waals surface area contributed by atoms with Gasteiger partial charge in [0, 0.05) is 24.8 Å². The molecule has 1 heterocycles. The van der Waals surface area contributed by atoms with Crippen LogP contribution in [0.2, 0.25) is 0 Å². The van der Waals surface area contributed by atoms with Gasteiger partial charge in [-0.1, -0.05) is 0 Å². The van der Waals surface area contributed by atoms with E-state index in [1.54, 1.807) is 24.3 Å². The van der Waals surface area contributed by atoms with Crippen LogP contribution in [0.3, 0.4) is 0 Å². The minimum atomic E-state index is -4.29. The molecule has 5 nitrogen and oxygen atoms in total. The summed E-state index contributed by atoms with van der Waals surface area (Å²) < 4.78 is 37.7. The first-order valence-electron chi connectivity index (χ1n) is 6.74. The number of halogens is 3. The maximum Gasteiger partial charge on any atom is 0.404 e. The third kappa shape index (κ3) is 4.20. The van der Waals surface area contributed by atoms with Gasteiger partial charge in [-0.3, -0.25) is 14.5 Å². The lowest BCUT2D eigenvalue weighted by atomic mass is 10.0. The fourth-order valence-electron chi connectivity index (χ4n) is 2.23. The van der Waals surface area contributed by atoms with Crippen LogP contribution in [0.4, 0.5) is 24.5 Å². The average Bonchev–Trinajstić information content (AvgIpc) is 2.34. The number of alkyl halides is 3. The summed E-state index contributed by atoms with van der Waals surface area (Å²) >= 11 is 0. The SMILES string of the molecule is CC(=O)Nc1ccc(NC(=O)CN2CC[C@@H]2C(F)(F)F)cc1. The molecule has 0 aliphatic carbocycles. The van der Waals surface area contributed by atoms with Crippen LogP contribution >= 0.6 is 0 Å². The fourth-order valence-corrected chi connectivity index (χ4v) is 2.23. The number of carbonyl (C=O) groups excluding carboxylic acids is 2. The molecule has 0 bridgehead atoms. The molecule has 2 amide bonds. The molecular weight excluding hydrogens is 299 g/mol. The zero-order valence-electron chi connectivity index (χ0n) is 11.9. The van der Waals surface area contributed by atoms with E-state index in [9.17, 15) is 22.8 Å². The summed E-state index contributed by atoms with van der Waals surface area (Å²) in [5.74, 6) is -0.714. The Morgan fingerprint density at radius 2 is 1.73 bits per heavy atom. The molecule has 120 valence electrons. The number of likely N-dealkylation sites (tertiary alicyclic amines) is 1. The lowest BCUT2D eigenvalue weighted by Crippen LogP contribution is -2.57. The minimum Gasteiger partial charge on any atom is -0.326 e. The van der Waals surface area contributed by atoms with Gasteiger partial charge in [0.1, 0.15) is 6.04 Å². The van der Waals surface area contributed by atoms with Gasteiger partial charge in [0.05, 0.1) is 6.54 Å². The second kappa shape index (κ2) is 6.35. The highest BCUT2D eigenvalue weighted by molar-refractivity contribution is 5.93.